The molecule has 3 rings (SSSR count). The van der Waals surface area contributed by atoms with Crippen LogP contribution in [0.2, 0.25) is 0 Å². The van der Waals surface area contributed by atoms with Crippen molar-refractivity contribution in [2.45, 2.75) is 13.2 Å². The third-order valence-electron chi connectivity index (χ3n) is 3.26. The molecule has 0 aliphatic carbocycles. The molecule has 5 nitrogen and oxygen atoms in total. The molecule has 1 aliphatic heterocycles. The van der Waals surface area contributed by atoms with Crippen molar-refractivity contribution in [2.75, 3.05) is 13.2 Å². The van der Waals surface area contributed by atoms with Gasteiger partial charge in [-0.1, -0.05) is 18.2 Å². The molecule has 1 amide bonds. The average molecular weight is 259 g/mol. The first-order chi connectivity index (χ1) is 9.16. The Morgan fingerprint density at radius 1 is 1.37 bits per heavy atom. The van der Waals surface area contributed by atoms with Crippen molar-refractivity contribution in [3.05, 3.63) is 46.3 Å². The molecule has 19 heavy (non-hydrogen) atoms. The molecule has 2 heterocycles. The summed E-state index contributed by atoms with van der Waals surface area (Å²) >= 11 is 0. The molecule has 1 fully saturated rings. The van der Waals surface area contributed by atoms with E-state index < -0.39 is 5.63 Å². The number of rotatable bonds is 1. The quantitative estimate of drug-likeness (QED) is 0.730. The lowest BCUT2D eigenvalue weighted by molar-refractivity contribution is 0.0375. The van der Waals surface area contributed by atoms with E-state index in [1.807, 2.05) is 6.07 Å². The predicted molar refractivity (Wildman–Crippen MR) is 68.9 cm³/mol. The van der Waals surface area contributed by atoms with Crippen molar-refractivity contribution in [1.82, 2.24) is 4.90 Å². The first-order valence-corrected chi connectivity index (χ1v) is 6.12. The second-order valence-electron chi connectivity index (χ2n) is 4.45. The van der Waals surface area contributed by atoms with E-state index in [9.17, 15) is 9.59 Å². The minimum atomic E-state index is -0.609. The SMILES string of the molecule is CC1OCCN1C(=O)c1cc2ccccc2oc1=O. The van der Waals surface area contributed by atoms with Crippen molar-refractivity contribution in [3.8, 4) is 0 Å². The van der Waals surface area contributed by atoms with Gasteiger partial charge in [0.1, 0.15) is 17.4 Å². The summed E-state index contributed by atoms with van der Waals surface area (Å²) in [5, 5.41) is 0.734. The maximum absolute atomic E-state index is 12.3. The van der Waals surface area contributed by atoms with Gasteiger partial charge in [-0.25, -0.2) is 4.79 Å². The van der Waals surface area contributed by atoms with E-state index in [4.69, 9.17) is 9.15 Å². The van der Waals surface area contributed by atoms with Crippen LogP contribution < -0.4 is 5.63 Å². The van der Waals surface area contributed by atoms with Crippen LogP contribution in [0.4, 0.5) is 0 Å². The Balaban J connectivity index is 2.07. The van der Waals surface area contributed by atoms with Gasteiger partial charge in [-0.3, -0.25) is 4.79 Å². The number of hydrogen-bond donors (Lipinski definition) is 0. The molecule has 1 aromatic heterocycles. The Morgan fingerprint density at radius 2 is 2.16 bits per heavy atom. The number of fused-ring (bicyclic) bond motifs is 1. The van der Waals surface area contributed by atoms with Crippen LogP contribution in [0.3, 0.4) is 0 Å². The molecule has 1 saturated heterocycles. The second-order valence-corrected chi connectivity index (χ2v) is 4.45. The van der Waals surface area contributed by atoms with E-state index in [1.54, 1.807) is 31.2 Å². The van der Waals surface area contributed by atoms with Crippen LogP contribution >= 0.6 is 0 Å². The molecular formula is C14H13NO4. The van der Waals surface area contributed by atoms with E-state index in [2.05, 4.69) is 0 Å². The second kappa shape index (κ2) is 4.51. The minimum absolute atomic E-state index is 0.0519. The van der Waals surface area contributed by atoms with Crippen LogP contribution in [-0.4, -0.2) is 30.2 Å². The largest absolute Gasteiger partial charge is 0.422 e. The van der Waals surface area contributed by atoms with Crippen LogP contribution in [0.1, 0.15) is 17.3 Å². The van der Waals surface area contributed by atoms with Gasteiger partial charge in [0.2, 0.25) is 0 Å². The smallest absolute Gasteiger partial charge is 0.349 e. The molecule has 1 aliphatic rings. The number of nitrogens with zero attached hydrogens (tertiary/aromatic N) is 1. The van der Waals surface area contributed by atoms with Gasteiger partial charge < -0.3 is 14.1 Å². The van der Waals surface area contributed by atoms with Crippen molar-refractivity contribution < 1.29 is 13.9 Å². The number of carbonyl (C=O) groups is 1. The average Bonchev–Trinajstić information content (AvgIpc) is 2.83. The fraction of sp³-hybridized carbons (Fsp3) is 0.286. The molecular weight excluding hydrogens is 246 g/mol. The molecule has 5 heteroatoms. The van der Waals surface area contributed by atoms with Gasteiger partial charge in [0.15, 0.2) is 0 Å². The number of benzene rings is 1. The lowest BCUT2D eigenvalue weighted by atomic mass is 10.1. The topological polar surface area (TPSA) is 59.8 Å². The Hall–Kier alpha value is -2.14. The lowest BCUT2D eigenvalue weighted by Gasteiger charge is -2.18. The van der Waals surface area contributed by atoms with Gasteiger partial charge in [0, 0.05) is 11.9 Å². The highest BCUT2D eigenvalue weighted by atomic mass is 16.5. The lowest BCUT2D eigenvalue weighted by Crippen LogP contribution is -2.36. The Bertz CT molecular complexity index is 691. The summed E-state index contributed by atoms with van der Waals surface area (Å²) < 4.78 is 10.5. The van der Waals surface area contributed by atoms with E-state index in [-0.39, 0.29) is 17.7 Å². The molecule has 0 radical (unpaired) electrons. The van der Waals surface area contributed by atoms with E-state index >= 15 is 0 Å². The van der Waals surface area contributed by atoms with Crippen molar-refractivity contribution in [3.63, 3.8) is 0 Å². The van der Waals surface area contributed by atoms with Gasteiger partial charge in [-0.15, -0.1) is 0 Å². The molecule has 2 aromatic rings. The molecule has 0 spiro atoms. The molecule has 1 unspecified atom stereocenters. The third-order valence-corrected chi connectivity index (χ3v) is 3.26. The number of hydrogen-bond acceptors (Lipinski definition) is 4. The maximum Gasteiger partial charge on any atom is 0.349 e. The number of amides is 1. The summed E-state index contributed by atoms with van der Waals surface area (Å²) in [7, 11) is 0. The highest BCUT2D eigenvalue weighted by molar-refractivity contribution is 5.96. The summed E-state index contributed by atoms with van der Waals surface area (Å²) in [6.07, 6.45) is -0.307. The maximum atomic E-state index is 12.3. The van der Waals surface area contributed by atoms with Crippen LogP contribution in [0.25, 0.3) is 11.0 Å². The summed E-state index contributed by atoms with van der Waals surface area (Å²) in [6, 6.07) is 8.70. The zero-order chi connectivity index (χ0) is 13.4. The van der Waals surface area contributed by atoms with Crippen LogP contribution in [0.15, 0.2) is 39.5 Å². The fourth-order valence-corrected chi connectivity index (χ4v) is 2.23. The molecule has 1 atom stereocenters. The van der Waals surface area contributed by atoms with E-state index in [0.29, 0.717) is 18.7 Å². The fourth-order valence-electron chi connectivity index (χ4n) is 2.23. The van der Waals surface area contributed by atoms with Crippen LogP contribution in [-0.2, 0) is 4.74 Å². The normalized spacial score (nSPS) is 19.0. The first-order valence-electron chi connectivity index (χ1n) is 6.12. The minimum Gasteiger partial charge on any atom is -0.422 e. The van der Waals surface area contributed by atoms with E-state index in [0.717, 1.165) is 5.39 Å². The highest BCUT2D eigenvalue weighted by Gasteiger charge is 2.28. The molecule has 0 bridgehead atoms. The van der Waals surface area contributed by atoms with Gasteiger partial charge in [0.25, 0.3) is 5.91 Å². The van der Waals surface area contributed by atoms with Crippen LogP contribution in [0.5, 0.6) is 0 Å². The summed E-state index contributed by atoms with van der Waals surface area (Å²) in [5.41, 5.74) is -0.0754. The monoisotopic (exact) mass is 259 g/mol. The number of carbonyl (C=O) groups excluding carboxylic acids is 1. The standard InChI is InChI=1S/C14H13NO4/c1-9-15(6-7-18-9)13(16)11-8-10-4-2-3-5-12(10)19-14(11)17/h2-5,8-9H,6-7H2,1H3. The zero-order valence-electron chi connectivity index (χ0n) is 10.5. The summed E-state index contributed by atoms with van der Waals surface area (Å²) in [6.45, 7) is 2.77. The van der Waals surface area contributed by atoms with Gasteiger partial charge >= 0.3 is 5.63 Å². The Labute approximate surface area is 109 Å². The molecule has 1 aromatic carbocycles. The van der Waals surface area contributed by atoms with E-state index in [1.165, 1.54) is 4.90 Å². The van der Waals surface area contributed by atoms with Crippen molar-refractivity contribution in [2.24, 2.45) is 0 Å². The molecule has 0 saturated carbocycles. The van der Waals surface area contributed by atoms with Gasteiger partial charge in [-0.05, 0) is 19.1 Å². The van der Waals surface area contributed by atoms with Crippen molar-refractivity contribution >= 4 is 16.9 Å². The van der Waals surface area contributed by atoms with Gasteiger partial charge in [-0.2, -0.15) is 0 Å². The van der Waals surface area contributed by atoms with Crippen molar-refractivity contribution in [1.29, 1.82) is 0 Å². The van der Waals surface area contributed by atoms with Gasteiger partial charge in [0.05, 0.1) is 6.61 Å². The highest BCUT2D eigenvalue weighted by Crippen LogP contribution is 2.16. The summed E-state index contributed by atoms with van der Waals surface area (Å²) in [5.74, 6) is -0.343. The molecule has 98 valence electrons. The molecule has 0 N–H and O–H groups in total. The first kappa shape index (κ1) is 11.9. The predicted octanol–water partition coefficient (Wildman–Crippen LogP) is 1.61. The zero-order valence-corrected chi connectivity index (χ0v) is 10.5. The Kier molecular flexibility index (Phi) is 2.83. The number of para-hydroxylation sites is 1. The van der Waals surface area contributed by atoms with Crippen LogP contribution in [0, 0.1) is 0 Å². The number of ether oxygens (including phenoxy) is 1. The summed E-state index contributed by atoms with van der Waals surface area (Å²) in [4.78, 5) is 25.7. The third kappa shape index (κ3) is 2.02. The Morgan fingerprint density at radius 3 is 2.89 bits per heavy atom.